The molecule has 0 aromatic heterocycles. The highest BCUT2D eigenvalue weighted by Gasteiger charge is 2.21. The van der Waals surface area contributed by atoms with Crippen LogP contribution in [0.15, 0.2) is 24.3 Å². The summed E-state index contributed by atoms with van der Waals surface area (Å²) in [7, 11) is 1.16. The standard InChI is InChI=1S/C42H80NO8P/c1-6-8-10-12-14-15-16-17-18-19-20-21-22-23-24-25-26-27-29-31-33-35-42(45)51-40(39-50-52(46,47)49-37-36-43(3,4)5)38-48-41(44)34-32-30-28-13-11-9-7-2/h16-17,19-20,40H,6-15,18,21-39H2,1-5H3/b17-16-,20-19-. The summed E-state index contributed by atoms with van der Waals surface area (Å²) < 4.78 is 33.7. The Bertz CT molecular complexity index is 949. The highest BCUT2D eigenvalue weighted by molar-refractivity contribution is 7.45. The van der Waals surface area contributed by atoms with Crippen molar-refractivity contribution in [2.45, 2.75) is 187 Å². The summed E-state index contributed by atoms with van der Waals surface area (Å²) >= 11 is 0. The lowest BCUT2D eigenvalue weighted by Gasteiger charge is -2.28. The zero-order valence-electron chi connectivity index (χ0n) is 34.3. The van der Waals surface area contributed by atoms with Gasteiger partial charge in [0.15, 0.2) is 6.10 Å². The summed E-state index contributed by atoms with van der Waals surface area (Å²) in [6.45, 7) is 4.16. The van der Waals surface area contributed by atoms with Crippen LogP contribution in [0.4, 0.5) is 0 Å². The second-order valence-electron chi connectivity index (χ2n) is 15.4. The van der Waals surface area contributed by atoms with Crippen LogP contribution in [0.1, 0.15) is 181 Å². The fourth-order valence-electron chi connectivity index (χ4n) is 5.63. The van der Waals surface area contributed by atoms with Crippen molar-refractivity contribution in [2.75, 3.05) is 47.5 Å². The average Bonchev–Trinajstić information content (AvgIpc) is 3.09. The van der Waals surface area contributed by atoms with E-state index in [1.54, 1.807) is 0 Å². The fraction of sp³-hybridized carbons (Fsp3) is 0.857. The molecule has 0 saturated heterocycles. The van der Waals surface area contributed by atoms with Crippen LogP contribution in [0.3, 0.4) is 0 Å². The van der Waals surface area contributed by atoms with Crippen molar-refractivity contribution in [3.05, 3.63) is 24.3 Å². The molecular formula is C42H80NO8P. The van der Waals surface area contributed by atoms with E-state index in [0.717, 1.165) is 51.4 Å². The lowest BCUT2D eigenvalue weighted by Crippen LogP contribution is -2.37. The van der Waals surface area contributed by atoms with Gasteiger partial charge in [0, 0.05) is 12.8 Å². The van der Waals surface area contributed by atoms with Gasteiger partial charge >= 0.3 is 11.9 Å². The smallest absolute Gasteiger partial charge is 0.306 e. The molecule has 0 heterocycles. The minimum atomic E-state index is -4.61. The second kappa shape index (κ2) is 35.2. The number of hydrogen-bond acceptors (Lipinski definition) is 8. The Kier molecular flexibility index (Phi) is 34.2. The molecule has 0 radical (unpaired) electrons. The first-order chi connectivity index (χ1) is 25.0. The van der Waals surface area contributed by atoms with Crippen LogP contribution in [-0.2, 0) is 32.7 Å². The maximum Gasteiger partial charge on any atom is 0.306 e. The number of allylic oxidation sites excluding steroid dienone is 4. The van der Waals surface area contributed by atoms with E-state index in [1.807, 2.05) is 21.1 Å². The molecule has 0 amide bonds. The molecule has 0 aliphatic rings. The van der Waals surface area contributed by atoms with Crippen molar-refractivity contribution in [1.82, 2.24) is 0 Å². The molecular weight excluding hydrogens is 677 g/mol. The first-order valence-corrected chi connectivity index (χ1v) is 22.5. The zero-order chi connectivity index (χ0) is 38.6. The number of rotatable bonds is 38. The van der Waals surface area contributed by atoms with Gasteiger partial charge in [-0.05, 0) is 44.9 Å². The maximum atomic E-state index is 12.6. The van der Waals surface area contributed by atoms with Crippen molar-refractivity contribution < 1.29 is 42.1 Å². The molecule has 9 nitrogen and oxygen atoms in total. The third-order valence-electron chi connectivity index (χ3n) is 8.97. The molecule has 0 saturated carbocycles. The van der Waals surface area contributed by atoms with Gasteiger partial charge < -0.3 is 27.9 Å². The summed E-state index contributed by atoms with van der Waals surface area (Å²) in [5.41, 5.74) is 0. The first-order valence-electron chi connectivity index (χ1n) is 21.0. The number of quaternary nitrogens is 1. The van der Waals surface area contributed by atoms with Crippen molar-refractivity contribution in [2.24, 2.45) is 0 Å². The molecule has 0 N–H and O–H groups in total. The largest absolute Gasteiger partial charge is 0.756 e. The van der Waals surface area contributed by atoms with Gasteiger partial charge in [-0.15, -0.1) is 0 Å². The van der Waals surface area contributed by atoms with Crippen LogP contribution in [0.2, 0.25) is 0 Å². The molecule has 0 fully saturated rings. The van der Waals surface area contributed by atoms with E-state index in [2.05, 4.69) is 38.2 Å². The van der Waals surface area contributed by atoms with Crippen LogP contribution in [0, 0.1) is 0 Å². The van der Waals surface area contributed by atoms with Gasteiger partial charge in [0.05, 0.1) is 27.7 Å². The molecule has 0 bridgehead atoms. The van der Waals surface area contributed by atoms with Crippen LogP contribution >= 0.6 is 7.82 Å². The Morgan fingerprint density at radius 1 is 0.596 bits per heavy atom. The summed E-state index contributed by atoms with van der Waals surface area (Å²) in [6.07, 6.45) is 36.5. The van der Waals surface area contributed by atoms with Crippen molar-refractivity contribution in [1.29, 1.82) is 0 Å². The molecule has 10 heteroatoms. The quantitative estimate of drug-likeness (QED) is 0.0201. The predicted molar refractivity (Wildman–Crippen MR) is 213 cm³/mol. The van der Waals surface area contributed by atoms with Crippen LogP contribution < -0.4 is 4.89 Å². The summed E-state index contributed by atoms with van der Waals surface area (Å²) in [4.78, 5) is 37.3. The molecule has 0 aliphatic heterocycles. The summed E-state index contributed by atoms with van der Waals surface area (Å²) in [5.74, 6) is -0.843. The average molecular weight is 758 g/mol. The maximum absolute atomic E-state index is 12.6. The van der Waals surface area contributed by atoms with Gasteiger partial charge in [0.1, 0.15) is 19.8 Å². The molecule has 52 heavy (non-hydrogen) atoms. The number of esters is 2. The lowest BCUT2D eigenvalue weighted by atomic mass is 10.1. The van der Waals surface area contributed by atoms with E-state index in [1.165, 1.54) is 96.3 Å². The van der Waals surface area contributed by atoms with E-state index in [0.29, 0.717) is 17.4 Å². The van der Waals surface area contributed by atoms with E-state index >= 15 is 0 Å². The Labute approximate surface area is 319 Å². The van der Waals surface area contributed by atoms with E-state index < -0.39 is 32.5 Å². The molecule has 0 aromatic carbocycles. The van der Waals surface area contributed by atoms with Gasteiger partial charge in [-0.2, -0.15) is 0 Å². The number of unbranched alkanes of at least 4 members (excludes halogenated alkanes) is 20. The Morgan fingerprint density at radius 3 is 1.52 bits per heavy atom. The minimum absolute atomic E-state index is 0.0303. The normalized spacial score (nSPS) is 13.9. The predicted octanol–water partition coefficient (Wildman–Crippen LogP) is 10.9. The highest BCUT2D eigenvalue weighted by atomic mass is 31.2. The Hall–Kier alpha value is -1.51. The monoisotopic (exact) mass is 758 g/mol. The number of phosphoric acid groups is 1. The molecule has 0 aliphatic carbocycles. The number of nitrogens with zero attached hydrogens (tertiary/aromatic N) is 1. The van der Waals surface area contributed by atoms with Crippen LogP contribution in [-0.4, -0.2) is 70.0 Å². The molecule has 0 rings (SSSR count). The summed E-state index contributed by atoms with van der Waals surface area (Å²) in [6, 6.07) is 0. The number of phosphoric ester groups is 1. The molecule has 2 atom stereocenters. The third-order valence-corrected chi connectivity index (χ3v) is 9.94. The van der Waals surface area contributed by atoms with Crippen LogP contribution in [0.5, 0.6) is 0 Å². The van der Waals surface area contributed by atoms with Gasteiger partial charge in [-0.1, -0.05) is 147 Å². The van der Waals surface area contributed by atoms with Gasteiger partial charge in [-0.25, -0.2) is 0 Å². The lowest BCUT2D eigenvalue weighted by molar-refractivity contribution is -0.870. The van der Waals surface area contributed by atoms with E-state index in [-0.39, 0.29) is 26.1 Å². The molecule has 306 valence electrons. The SMILES string of the molecule is CCCCCCC/C=C\C/C=C\CCCCCCCCCCCC(=O)OC(COC(=O)CCCCCCCCC)COP(=O)([O-])OCC[N+](C)(C)C. The Balaban J connectivity index is 4.23. The number of carbonyl (C=O) groups excluding carboxylic acids is 2. The van der Waals surface area contributed by atoms with Crippen molar-refractivity contribution in [3.63, 3.8) is 0 Å². The topological polar surface area (TPSA) is 111 Å². The van der Waals surface area contributed by atoms with E-state index in [4.69, 9.17) is 18.5 Å². The van der Waals surface area contributed by atoms with Crippen molar-refractivity contribution in [3.8, 4) is 0 Å². The molecule has 2 unspecified atom stereocenters. The fourth-order valence-corrected chi connectivity index (χ4v) is 6.35. The minimum Gasteiger partial charge on any atom is -0.756 e. The third kappa shape index (κ3) is 38.2. The number of likely N-dealkylation sites (N-methyl/N-ethyl adjacent to an activating group) is 1. The molecule has 0 spiro atoms. The molecule has 0 aromatic rings. The van der Waals surface area contributed by atoms with Crippen LogP contribution in [0.25, 0.3) is 0 Å². The highest BCUT2D eigenvalue weighted by Crippen LogP contribution is 2.38. The number of hydrogen-bond donors (Lipinski definition) is 0. The number of carbonyl (C=O) groups is 2. The first kappa shape index (κ1) is 50.5. The van der Waals surface area contributed by atoms with E-state index in [9.17, 15) is 19.0 Å². The zero-order valence-corrected chi connectivity index (χ0v) is 35.2. The second-order valence-corrected chi connectivity index (χ2v) is 16.8. The summed E-state index contributed by atoms with van der Waals surface area (Å²) in [5, 5.41) is 0. The number of ether oxygens (including phenoxy) is 2. The van der Waals surface area contributed by atoms with Gasteiger partial charge in [0.25, 0.3) is 7.82 Å². The Morgan fingerprint density at radius 2 is 1.04 bits per heavy atom. The van der Waals surface area contributed by atoms with Gasteiger partial charge in [0.2, 0.25) is 0 Å². The van der Waals surface area contributed by atoms with Gasteiger partial charge in [-0.3, -0.25) is 14.2 Å². The van der Waals surface area contributed by atoms with Crippen molar-refractivity contribution >= 4 is 19.8 Å².